The van der Waals surface area contributed by atoms with Crippen LogP contribution in [0.1, 0.15) is 12.0 Å². The number of anilines is 1. The van der Waals surface area contributed by atoms with Crippen LogP contribution in [-0.4, -0.2) is 21.6 Å². The Bertz CT molecular complexity index is 1220. The number of aromatic nitrogens is 2. The summed E-state index contributed by atoms with van der Waals surface area (Å²) in [5.74, 6) is 0.386. The minimum Gasteiger partial charge on any atom is -0.302 e. The summed E-state index contributed by atoms with van der Waals surface area (Å²) >= 11 is 8.79. The molecule has 2 heterocycles. The largest absolute Gasteiger partial charge is 0.302 e. The number of nitrogens with one attached hydrogen (secondary N) is 1. The van der Waals surface area contributed by atoms with Crippen LogP contribution < -0.4 is 5.32 Å². The van der Waals surface area contributed by atoms with Crippen molar-refractivity contribution in [2.24, 2.45) is 0 Å². The van der Waals surface area contributed by atoms with Crippen molar-refractivity contribution in [2.75, 3.05) is 11.1 Å². The van der Waals surface area contributed by atoms with E-state index >= 15 is 0 Å². The quantitative estimate of drug-likeness (QED) is 0.364. The molecule has 1 amide bonds. The molecule has 0 saturated carbocycles. The van der Waals surface area contributed by atoms with Crippen LogP contribution in [0, 0.1) is 11.3 Å². The highest BCUT2D eigenvalue weighted by Gasteiger charge is 2.11. The van der Waals surface area contributed by atoms with Gasteiger partial charge in [-0.05, 0) is 36.4 Å². The fourth-order valence-corrected chi connectivity index (χ4v) is 4.69. The van der Waals surface area contributed by atoms with Crippen LogP contribution in [0.2, 0.25) is 5.02 Å². The van der Waals surface area contributed by atoms with Crippen molar-refractivity contribution >= 4 is 56.0 Å². The molecule has 0 aliphatic heterocycles. The number of rotatable bonds is 6. The Morgan fingerprint density at radius 2 is 1.90 bits per heavy atom. The van der Waals surface area contributed by atoms with Gasteiger partial charge in [0.1, 0.15) is 11.1 Å². The number of thioether (sulfide) groups is 1. The summed E-state index contributed by atoms with van der Waals surface area (Å²) in [5.41, 5.74) is 3.03. The molecule has 0 saturated heterocycles. The first-order chi connectivity index (χ1) is 14.6. The maximum Gasteiger partial charge on any atom is 0.226 e. The molecule has 4 aromatic rings. The van der Waals surface area contributed by atoms with E-state index in [1.54, 1.807) is 18.2 Å². The van der Waals surface area contributed by atoms with Crippen LogP contribution in [0.5, 0.6) is 0 Å². The first kappa shape index (κ1) is 20.4. The molecule has 4 rings (SSSR count). The second-order valence-corrected chi connectivity index (χ2v) is 8.85. The van der Waals surface area contributed by atoms with Gasteiger partial charge in [0.05, 0.1) is 21.5 Å². The monoisotopic (exact) mass is 450 g/mol. The Hall–Kier alpha value is -2.92. The van der Waals surface area contributed by atoms with Crippen molar-refractivity contribution in [1.82, 2.24) is 9.97 Å². The summed E-state index contributed by atoms with van der Waals surface area (Å²) in [5, 5.41) is 14.1. The number of thiazole rings is 1. The van der Waals surface area contributed by atoms with Gasteiger partial charge >= 0.3 is 0 Å². The van der Waals surface area contributed by atoms with Crippen molar-refractivity contribution in [2.45, 2.75) is 11.4 Å². The summed E-state index contributed by atoms with van der Waals surface area (Å²) in [6.07, 6.45) is 0.290. The predicted octanol–water partition coefficient (Wildman–Crippen LogP) is 6.00. The van der Waals surface area contributed by atoms with Crippen molar-refractivity contribution in [3.63, 3.8) is 0 Å². The summed E-state index contributed by atoms with van der Waals surface area (Å²) in [4.78, 5) is 21.3. The lowest BCUT2D eigenvalue weighted by molar-refractivity contribution is -0.115. The van der Waals surface area contributed by atoms with E-state index in [2.05, 4.69) is 21.4 Å². The minimum atomic E-state index is -0.117. The molecular weight excluding hydrogens is 436 g/mol. The zero-order valence-corrected chi connectivity index (χ0v) is 18.0. The van der Waals surface area contributed by atoms with Crippen LogP contribution in [0.4, 0.5) is 5.13 Å². The van der Waals surface area contributed by atoms with E-state index in [0.717, 1.165) is 21.5 Å². The van der Waals surface area contributed by atoms with E-state index in [1.165, 1.54) is 23.1 Å². The number of hydrogen-bond donors (Lipinski definition) is 1. The van der Waals surface area contributed by atoms with Gasteiger partial charge in [-0.2, -0.15) is 5.26 Å². The first-order valence-electron chi connectivity index (χ1n) is 9.08. The molecule has 2 aromatic carbocycles. The van der Waals surface area contributed by atoms with Gasteiger partial charge in [-0.3, -0.25) is 4.79 Å². The Kier molecular flexibility index (Phi) is 6.29. The van der Waals surface area contributed by atoms with Gasteiger partial charge in [0.15, 0.2) is 5.13 Å². The number of pyridine rings is 1. The molecular formula is C22H15ClN4OS2. The third-order valence-electron chi connectivity index (χ3n) is 4.23. The molecule has 5 nitrogen and oxygen atoms in total. The maximum absolute atomic E-state index is 12.3. The average molecular weight is 451 g/mol. The molecule has 0 spiro atoms. The number of nitriles is 1. The Morgan fingerprint density at radius 3 is 2.67 bits per heavy atom. The number of halogens is 1. The summed E-state index contributed by atoms with van der Waals surface area (Å²) in [6.45, 7) is 0. The molecule has 30 heavy (non-hydrogen) atoms. The lowest BCUT2D eigenvalue weighted by Crippen LogP contribution is -2.12. The molecule has 0 fully saturated rings. The summed E-state index contributed by atoms with van der Waals surface area (Å²) in [6, 6.07) is 20.9. The molecule has 0 atom stereocenters. The van der Waals surface area contributed by atoms with Crippen molar-refractivity contribution in [1.29, 1.82) is 5.26 Å². The van der Waals surface area contributed by atoms with Gasteiger partial charge in [0.2, 0.25) is 5.91 Å². The van der Waals surface area contributed by atoms with Crippen LogP contribution in [0.3, 0.4) is 0 Å². The van der Waals surface area contributed by atoms with E-state index in [4.69, 9.17) is 11.6 Å². The molecule has 1 N–H and O–H groups in total. The number of hydrogen-bond acceptors (Lipinski definition) is 6. The summed E-state index contributed by atoms with van der Waals surface area (Å²) < 4.78 is 1.03. The Morgan fingerprint density at radius 1 is 1.10 bits per heavy atom. The highest BCUT2D eigenvalue weighted by Crippen LogP contribution is 2.28. The SMILES string of the molecule is N#Cc1ccc(-c2ccc(Cl)cc2)nc1SCCC(=O)Nc1nc2ccccc2s1. The van der Waals surface area contributed by atoms with Gasteiger partial charge in [-0.1, -0.05) is 47.2 Å². The number of fused-ring (bicyclic) bond motifs is 1. The fourth-order valence-electron chi connectivity index (χ4n) is 2.76. The zero-order chi connectivity index (χ0) is 20.9. The van der Waals surface area contributed by atoms with E-state index in [-0.39, 0.29) is 12.3 Å². The Balaban J connectivity index is 1.40. The molecule has 0 radical (unpaired) electrons. The number of para-hydroxylation sites is 1. The maximum atomic E-state index is 12.3. The van der Waals surface area contributed by atoms with Crippen LogP contribution in [0.25, 0.3) is 21.5 Å². The third-order valence-corrected chi connectivity index (χ3v) is 6.43. The minimum absolute atomic E-state index is 0.117. The first-order valence-corrected chi connectivity index (χ1v) is 11.3. The lowest BCUT2D eigenvalue weighted by Gasteiger charge is -2.07. The van der Waals surface area contributed by atoms with Crippen LogP contribution in [0.15, 0.2) is 65.7 Å². The van der Waals surface area contributed by atoms with E-state index in [1.807, 2.05) is 42.5 Å². The van der Waals surface area contributed by atoms with Crippen molar-refractivity contribution in [3.8, 4) is 17.3 Å². The van der Waals surface area contributed by atoms with Gasteiger partial charge in [0, 0.05) is 22.8 Å². The number of amides is 1. The average Bonchev–Trinajstić information content (AvgIpc) is 3.16. The van der Waals surface area contributed by atoms with Crippen LogP contribution >= 0.6 is 34.7 Å². The van der Waals surface area contributed by atoms with E-state index < -0.39 is 0 Å². The van der Waals surface area contributed by atoms with E-state index in [9.17, 15) is 10.1 Å². The molecule has 2 aromatic heterocycles. The van der Waals surface area contributed by atoms with Crippen molar-refractivity contribution in [3.05, 3.63) is 71.2 Å². The van der Waals surface area contributed by atoms with E-state index in [0.29, 0.717) is 26.5 Å². The normalized spacial score (nSPS) is 10.7. The molecule has 0 bridgehead atoms. The second kappa shape index (κ2) is 9.26. The zero-order valence-electron chi connectivity index (χ0n) is 15.6. The molecule has 8 heteroatoms. The second-order valence-electron chi connectivity index (χ2n) is 6.30. The highest BCUT2D eigenvalue weighted by molar-refractivity contribution is 7.99. The molecule has 148 valence electrons. The fraction of sp³-hybridized carbons (Fsp3) is 0.0909. The highest BCUT2D eigenvalue weighted by atomic mass is 35.5. The molecule has 0 unspecified atom stereocenters. The van der Waals surface area contributed by atoms with Gasteiger partial charge in [0.25, 0.3) is 0 Å². The third kappa shape index (κ3) is 4.79. The lowest BCUT2D eigenvalue weighted by atomic mass is 10.1. The van der Waals surface area contributed by atoms with Gasteiger partial charge in [-0.15, -0.1) is 11.8 Å². The van der Waals surface area contributed by atoms with Crippen molar-refractivity contribution < 1.29 is 4.79 Å². The molecule has 0 aliphatic carbocycles. The van der Waals surface area contributed by atoms with Gasteiger partial charge < -0.3 is 5.32 Å². The standard InChI is InChI=1S/C22H15ClN4OS2/c23-16-8-5-14(6-9-16)17-10-7-15(13-24)21(25-17)29-12-11-20(28)27-22-26-18-3-1-2-4-19(18)30-22/h1-10H,11-12H2,(H,26,27,28). The topological polar surface area (TPSA) is 78.7 Å². The Labute approximate surface area is 186 Å². The number of benzene rings is 2. The molecule has 0 aliphatic rings. The number of carbonyl (C=O) groups is 1. The van der Waals surface area contributed by atoms with Gasteiger partial charge in [-0.25, -0.2) is 9.97 Å². The number of nitrogens with zero attached hydrogens (tertiary/aromatic N) is 3. The predicted molar refractivity (Wildman–Crippen MR) is 123 cm³/mol. The van der Waals surface area contributed by atoms with Crippen LogP contribution in [-0.2, 0) is 4.79 Å². The smallest absolute Gasteiger partial charge is 0.226 e. The summed E-state index contributed by atoms with van der Waals surface area (Å²) in [7, 11) is 0. The number of carbonyl (C=O) groups excluding carboxylic acids is 1.